The Morgan fingerprint density at radius 3 is 2.89 bits per heavy atom. The second-order valence-corrected chi connectivity index (χ2v) is 4.09. The summed E-state index contributed by atoms with van der Waals surface area (Å²) >= 11 is 0. The van der Waals surface area contributed by atoms with Crippen molar-refractivity contribution in [3.05, 3.63) is 65.7 Å². The van der Waals surface area contributed by atoms with Crippen LogP contribution in [0.2, 0.25) is 0 Å². The number of para-hydroxylation sites is 1. The molecule has 2 aromatic heterocycles. The molecule has 0 aliphatic rings. The summed E-state index contributed by atoms with van der Waals surface area (Å²) in [5.74, 6) is 0.399. The van der Waals surface area contributed by atoms with Gasteiger partial charge in [0, 0.05) is 23.6 Å². The molecule has 0 unspecified atom stereocenters. The van der Waals surface area contributed by atoms with Gasteiger partial charge < -0.3 is 4.42 Å². The van der Waals surface area contributed by atoms with Gasteiger partial charge in [0.1, 0.15) is 0 Å². The zero-order valence-electron chi connectivity index (χ0n) is 9.67. The largest absolute Gasteiger partial charge is 0.461 e. The van der Waals surface area contributed by atoms with Crippen LogP contribution in [0.1, 0.15) is 21.7 Å². The summed E-state index contributed by atoms with van der Waals surface area (Å²) in [4.78, 5) is 15.2. The molecule has 0 atom stereocenters. The maximum absolute atomic E-state index is 10.8. The highest BCUT2D eigenvalue weighted by Gasteiger charge is 2.08. The molecule has 18 heavy (non-hydrogen) atoms. The third-order valence-corrected chi connectivity index (χ3v) is 3.01. The SMILES string of the molecule is O=Cc1occc1Cc1ccnc2ccccc12. The molecule has 0 saturated carbocycles. The van der Waals surface area contributed by atoms with Gasteiger partial charge in [-0.3, -0.25) is 9.78 Å². The Kier molecular flexibility index (Phi) is 2.65. The normalized spacial score (nSPS) is 10.7. The first-order valence-corrected chi connectivity index (χ1v) is 5.72. The van der Waals surface area contributed by atoms with Crippen LogP contribution < -0.4 is 0 Å². The van der Waals surface area contributed by atoms with E-state index in [1.807, 2.05) is 36.4 Å². The molecule has 3 aromatic rings. The molecular formula is C15H11NO2. The fourth-order valence-corrected chi connectivity index (χ4v) is 2.11. The highest BCUT2D eigenvalue weighted by atomic mass is 16.3. The predicted octanol–water partition coefficient (Wildman–Crippen LogP) is 3.23. The molecule has 0 amide bonds. The number of fused-ring (bicyclic) bond motifs is 1. The van der Waals surface area contributed by atoms with Crippen molar-refractivity contribution in [2.45, 2.75) is 6.42 Å². The number of aldehydes is 1. The van der Waals surface area contributed by atoms with Crippen molar-refractivity contribution in [3.8, 4) is 0 Å². The van der Waals surface area contributed by atoms with Crippen LogP contribution in [-0.2, 0) is 6.42 Å². The summed E-state index contributed by atoms with van der Waals surface area (Å²) in [6, 6.07) is 11.8. The molecule has 0 aliphatic carbocycles. The summed E-state index contributed by atoms with van der Waals surface area (Å²) in [6.07, 6.45) is 4.76. The minimum absolute atomic E-state index is 0.399. The van der Waals surface area contributed by atoms with Gasteiger partial charge in [0.15, 0.2) is 12.0 Å². The van der Waals surface area contributed by atoms with Gasteiger partial charge in [-0.2, -0.15) is 0 Å². The van der Waals surface area contributed by atoms with Gasteiger partial charge in [0.05, 0.1) is 11.8 Å². The molecule has 0 aliphatic heterocycles. The number of carbonyl (C=O) groups excluding carboxylic acids is 1. The van der Waals surface area contributed by atoms with E-state index in [-0.39, 0.29) is 0 Å². The third kappa shape index (κ3) is 1.80. The Balaban J connectivity index is 2.07. The van der Waals surface area contributed by atoms with Crippen molar-refractivity contribution in [2.75, 3.05) is 0 Å². The number of benzene rings is 1. The first-order valence-electron chi connectivity index (χ1n) is 5.72. The van der Waals surface area contributed by atoms with Gasteiger partial charge in [-0.25, -0.2) is 0 Å². The van der Waals surface area contributed by atoms with Gasteiger partial charge in [0.2, 0.25) is 0 Å². The Hall–Kier alpha value is -2.42. The number of hydrogen-bond donors (Lipinski definition) is 0. The molecule has 0 fully saturated rings. The molecule has 3 nitrogen and oxygen atoms in total. The number of hydrogen-bond acceptors (Lipinski definition) is 3. The van der Waals surface area contributed by atoms with E-state index < -0.39 is 0 Å². The number of rotatable bonds is 3. The van der Waals surface area contributed by atoms with E-state index in [4.69, 9.17) is 4.42 Å². The summed E-state index contributed by atoms with van der Waals surface area (Å²) in [7, 11) is 0. The Morgan fingerprint density at radius 1 is 1.11 bits per heavy atom. The van der Waals surface area contributed by atoms with Crippen molar-refractivity contribution in [1.29, 1.82) is 0 Å². The van der Waals surface area contributed by atoms with Crippen LogP contribution in [0.25, 0.3) is 10.9 Å². The average Bonchev–Trinajstić information content (AvgIpc) is 2.86. The van der Waals surface area contributed by atoms with E-state index in [0.29, 0.717) is 12.2 Å². The van der Waals surface area contributed by atoms with Crippen LogP contribution in [-0.4, -0.2) is 11.3 Å². The fraction of sp³-hybridized carbons (Fsp3) is 0.0667. The fourth-order valence-electron chi connectivity index (χ4n) is 2.11. The first-order chi connectivity index (χ1) is 8.88. The monoisotopic (exact) mass is 237 g/mol. The molecule has 0 spiro atoms. The lowest BCUT2D eigenvalue weighted by molar-refractivity contribution is 0.109. The molecule has 88 valence electrons. The van der Waals surface area contributed by atoms with E-state index in [1.165, 1.54) is 0 Å². The Morgan fingerprint density at radius 2 is 2.00 bits per heavy atom. The number of nitrogens with zero attached hydrogens (tertiary/aromatic N) is 1. The zero-order valence-corrected chi connectivity index (χ0v) is 9.67. The third-order valence-electron chi connectivity index (χ3n) is 3.01. The van der Waals surface area contributed by atoms with E-state index in [9.17, 15) is 4.79 Å². The van der Waals surface area contributed by atoms with E-state index in [1.54, 1.807) is 12.5 Å². The van der Waals surface area contributed by atoms with E-state index in [0.717, 1.165) is 28.3 Å². The van der Waals surface area contributed by atoms with Crippen LogP contribution >= 0.6 is 0 Å². The molecular weight excluding hydrogens is 226 g/mol. The number of carbonyl (C=O) groups is 1. The Bertz CT molecular complexity index is 695. The second kappa shape index (κ2) is 4.45. The lowest BCUT2D eigenvalue weighted by Crippen LogP contribution is -1.92. The first kappa shape index (κ1) is 10.7. The molecule has 0 radical (unpaired) electrons. The molecule has 2 heterocycles. The van der Waals surface area contributed by atoms with Crippen LogP contribution in [0, 0.1) is 0 Å². The smallest absolute Gasteiger partial charge is 0.185 e. The highest BCUT2D eigenvalue weighted by molar-refractivity contribution is 5.82. The average molecular weight is 237 g/mol. The Labute approximate surface area is 104 Å². The van der Waals surface area contributed by atoms with Crippen molar-refractivity contribution < 1.29 is 9.21 Å². The molecule has 3 heteroatoms. The van der Waals surface area contributed by atoms with Gasteiger partial charge in [-0.05, 0) is 23.8 Å². The lowest BCUT2D eigenvalue weighted by Gasteiger charge is -2.04. The van der Waals surface area contributed by atoms with Gasteiger partial charge in [-0.15, -0.1) is 0 Å². The molecule has 0 bridgehead atoms. The van der Waals surface area contributed by atoms with E-state index in [2.05, 4.69) is 4.98 Å². The number of aromatic nitrogens is 1. The lowest BCUT2D eigenvalue weighted by atomic mass is 10.0. The summed E-state index contributed by atoms with van der Waals surface area (Å²) in [5.41, 5.74) is 3.01. The second-order valence-electron chi connectivity index (χ2n) is 4.09. The summed E-state index contributed by atoms with van der Waals surface area (Å²) < 4.78 is 5.11. The maximum atomic E-state index is 10.8. The van der Waals surface area contributed by atoms with Crippen molar-refractivity contribution in [2.24, 2.45) is 0 Å². The van der Waals surface area contributed by atoms with Crippen molar-refractivity contribution >= 4 is 17.2 Å². The molecule has 3 rings (SSSR count). The molecule has 1 aromatic carbocycles. The maximum Gasteiger partial charge on any atom is 0.185 e. The van der Waals surface area contributed by atoms with Crippen molar-refractivity contribution in [1.82, 2.24) is 4.98 Å². The van der Waals surface area contributed by atoms with Gasteiger partial charge in [0.25, 0.3) is 0 Å². The molecule has 0 N–H and O–H groups in total. The summed E-state index contributed by atoms with van der Waals surface area (Å²) in [5, 5.41) is 1.11. The van der Waals surface area contributed by atoms with E-state index >= 15 is 0 Å². The van der Waals surface area contributed by atoms with Crippen LogP contribution in [0.15, 0.2) is 53.3 Å². The van der Waals surface area contributed by atoms with Gasteiger partial charge in [-0.1, -0.05) is 18.2 Å². The minimum Gasteiger partial charge on any atom is -0.461 e. The van der Waals surface area contributed by atoms with Crippen molar-refractivity contribution in [3.63, 3.8) is 0 Å². The minimum atomic E-state index is 0.399. The predicted molar refractivity (Wildman–Crippen MR) is 68.6 cm³/mol. The summed E-state index contributed by atoms with van der Waals surface area (Å²) in [6.45, 7) is 0. The number of furan rings is 1. The standard InChI is InChI=1S/C15H11NO2/c17-10-15-12(6-8-18-15)9-11-5-7-16-14-4-2-1-3-13(11)14/h1-8,10H,9H2. The highest BCUT2D eigenvalue weighted by Crippen LogP contribution is 2.21. The van der Waals surface area contributed by atoms with Crippen LogP contribution in [0.3, 0.4) is 0 Å². The quantitative estimate of drug-likeness (QED) is 0.657. The van der Waals surface area contributed by atoms with Crippen LogP contribution in [0.4, 0.5) is 0 Å². The van der Waals surface area contributed by atoms with Crippen LogP contribution in [0.5, 0.6) is 0 Å². The van der Waals surface area contributed by atoms with Gasteiger partial charge >= 0.3 is 0 Å². The zero-order chi connectivity index (χ0) is 12.4. The topological polar surface area (TPSA) is 43.1 Å². The number of pyridine rings is 1. The molecule has 0 saturated heterocycles.